The topological polar surface area (TPSA) is 62.6 Å². The van der Waals surface area contributed by atoms with Gasteiger partial charge in [-0.1, -0.05) is 24.3 Å². The Kier molecular flexibility index (Phi) is 5.31. The molecule has 0 atom stereocenters. The highest BCUT2D eigenvalue weighted by Crippen LogP contribution is 2.27. The van der Waals surface area contributed by atoms with Crippen molar-refractivity contribution >= 4 is 28.5 Å². The van der Waals surface area contributed by atoms with E-state index >= 15 is 0 Å². The van der Waals surface area contributed by atoms with Crippen LogP contribution in [0.4, 0.5) is 5.69 Å². The maximum atomic E-state index is 12.4. The zero-order valence-corrected chi connectivity index (χ0v) is 16.1. The number of aryl methyl sites for hydroxylation is 2. The van der Waals surface area contributed by atoms with Crippen LogP contribution in [-0.2, 0) is 22.4 Å². The van der Waals surface area contributed by atoms with Crippen LogP contribution in [0.5, 0.6) is 0 Å². The fraction of sp³-hybridized carbons (Fsp3) is 0.273. The lowest BCUT2D eigenvalue weighted by atomic mass is 10.0. The van der Waals surface area contributed by atoms with E-state index in [1.807, 2.05) is 50.2 Å². The van der Waals surface area contributed by atoms with Gasteiger partial charge >= 0.3 is 0 Å². The molecule has 5 nitrogen and oxygen atoms in total. The second-order valence-corrected chi connectivity index (χ2v) is 7.03. The summed E-state index contributed by atoms with van der Waals surface area (Å²) in [6, 6.07) is 11.4. The van der Waals surface area contributed by atoms with E-state index in [2.05, 4.69) is 5.32 Å². The molecular weight excluding hydrogens is 340 g/mol. The van der Waals surface area contributed by atoms with E-state index in [0.717, 1.165) is 27.7 Å². The molecule has 0 saturated carbocycles. The zero-order valence-electron chi connectivity index (χ0n) is 16.1. The minimum absolute atomic E-state index is 0.0455. The fourth-order valence-electron chi connectivity index (χ4n) is 2.94. The average molecular weight is 364 g/mol. The second kappa shape index (κ2) is 7.66. The Morgan fingerprint density at radius 1 is 1.00 bits per heavy atom. The largest absolute Gasteiger partial charge is 0.464 e. The minimum atomic E-state index is -0.104. The number of hydrogen-bond donors (Lipinski definition) is 1. The highest BCUT2D eigenvalue weighted by molar-refractivity contribution is 5.96. The molecule has 2 amide bonds. The number of carbonyl (C=O) groups is 2. The monoisotopic (exact) mass is 364 g/mol. The third-order valence-corrected chi connectivity index (χ3v) is 4.78. The molecule has 0 aliphatic rings. The van der Waals surface area contributed by atoms with Gasteiger partial charge in [-0.25, -0.2) is 0 Å². The Morgan fingerprint density at radius 2 is 1.70 bits per heavy atom. The summed E-state index contributed by atoms with van der Waals surface area (Å²) in [5.74, 6) is -0.0582. The number of fused-ring (bicyclic) bond motifs is 1. The predicted molar refractivity (Wildman–Crippen MR) is 107 cm³/mol. The van der Waals surface area contributed by atoms with Gasteiger partial charge < -0.3 is 14.6 Å². The molecule has 0 bridgehead atoms. The number of furan rings is 1. The van der Waals surface area contributed by atoms with Gasteiger partial charge in [0.25, 0.3) is 0 Å². The summed E-state index contributed by atoms with van der Waals surface area (Å²) in [6.07, 6.45) is 2.25. The maximum absolute atomic E-state index is 12.4. The molecule has 27 heavy (non-hydrogen) atoms. The standard InChI is InChI=1S/C22H24N2O3/c1-14-5-10-19-17(13-27-22(19)15(14)2)12-20(25)23-18-8-6-16(7-9-18)11-21(26)24(3)4/h5-10,13H,11-12H2,1-4H3,(H,23,25). The number of carbonyl (C=O) groups excluding carboxylic acids is 2. The first-order valence-electron chi connectivity index (χ1n) is 8.90. The number of nitrogens with one attached hydrogen (secondary N) is 1. The van der Waals surface area contributed by atoms with Gasteiger partial charge in [-0.3, -0.25) is 9.59 Å². The molecule has 1 N–H and O–H groups in total. The van der Waals surface area contributed by atoms with Gasteiger partial charge in [-0.2, -0.15) is 0 Å². The number of likely N-dealkylation sites (N-methyl/N-ethyl adjacent to an activating group) is 1. The molecule has 140 valence electrons. The molecule has 0 fully saturated rings. The van der Waals surface area contributed by atoms with E-state index in [9.17, 15) is 9.59 Å². The Morgan fingerprint density at radius 3 is 2.37 bits per heavy atom. The Labute approximate surface area is 159 Å². The zero-order chi connectivity index (χ0) is 19.6. The second-order valence-electron chi connectivity index (χ2n) is 7.03. The molecule has 0 aliphatic heterocycles. The molecule has 2 aromatic carbocycles. The predicted octanol–water partition coefficient (Wildman–Crippen LogP) is 3.86. The van der Waals surface area contributed by atoms with Crippen molar-refractivity contribution in [3.8, 4) is 0 Å². The molecule has 0 saturated heterocycles. The molecule has 3 aromatic rings. The van der Waals surface area contributed by atoms with E-state index in [0.29, 0.717) is 12.1 Å². The number of nitrogens with zero attached hydrogens (tertiary/aromatic N) is 1. The van der Waals surface area contributed by atoms with Crippen LogP contribution in [-0.4, -0.2) is 30.8 Å². The lowest BCUT2D eigenvalue weighted by molar-refractivity contribution is -0.128. The van der Waals surface area contributed by atoms with Crippen molar-refractivity contribution in [2.24, 2.45) is 0 Å². The van der Waals surface area contributed by atoms with E-state index in [1.54, 1.807) is 25.3 Å². The van der Waals surface area contributed by atoms with Crippen molar-refractivity contribution < 1.29 is 14.0 Å². The van der Waals surface area contributed by atoms with Crippen molar-refractivity contribution in [1.82, 2.24) is 4.90 Å². The van der Waals surface area contributed by atoms with Crippen LogP contribution in [0.15, 0.2) is 47.1 Å². The van der Waals surface area contributed by atoms with Crippen LogP contribution in [0, 0.1) is 13.8 Å². The Balaban J connectivity index is 1.66. The first-order valence-corrected chi connectivity index (χ1v) is 8.90. The fourth-order valence-corrected chi connectivity index (χ4v) is 2.94. The third-order valence-electron chi connectivity index (χ3n) is 4.78. The van der Waals surface area contributed by atoms with Crippen molar-refractivity contribution in [1.29, 1.82) is 0 Å². The number of amides is 2. The normalized spacial score (nSPS) is 10.8. The third kappa shape index (κ3) is 4.19. The van der Waals surface area contributed by atoms with Gasteiger partial charge in [0, 0.05) is 30.7 Å². The van der Waals surface area contributed by atoms with E-state index < -0.39 is 0 Å². The molecule has 0 spiro atoms. The number of benzene rings is 2. The summed E-state index contributed by atoms with van der Waals surface area (Å²) in [5.41, 5.74) is 5.61. The van der Waals surface area contributed by atoms with Crippen LogP contribution >= 0.6 is 0 Å². The maximum Gasteiger partial charge on any atom is 0.228 e. The SMILES string of the molecule is Cc1ccc2c(CC(=O)Nc3ccc(CC(=O)N(C)C)cc3)coc2c1C. The van der Waals surface area contributed by atoms with E-state index in [4.69, 9.17) is 4.42 Å². The summed E-state index contributed by atoms with van der Waals surface area (Å²) >= 11 is 0. The van der Waals surface area contributed by atoms with Crippen molar-refractivity contribution in [2.75, 3.05) is 19.4 Å². The number of hydrogen-bond acceptors (Lipinski definition) is 3. The van der Waals surface area contributed by atoms with Crippen LogP contribution in [0.25, 0.3) is 11.0 Å². The molecule has 0 unspecified atom stereocenters. The van der Waals surface area contributed by atoms with Crippen LogP contribution in [0.1, 0.15) is 22.3 Å². The van der Waals surface area contributed by atoms with Crippen LogP contribution in [0.3, 0.4) is 0 Å². The summed E-state index contributed by atoms with van der Waals surface area (Å²) in [5, 5.41) is 3.88. The lowest BCUT2D eigenvalue weighted by Crippen LogP contribution is -2.23. The first-order chi connectivity index (χ1) is 12.8. The highest BCUT2D eigenvalue weighted by atomic mass is 16.3. The van der Waals surface area contributed by atoms with Gasteiger partial charge in [0.2, 0.25) is 11.8 Å². The summed E-state index contributed by atoms with van der Waals surface area (Å²) in [7, 11) is 3.47. The summed E-state index contributed by atoms with van der Waals surface area (Å²) in [4.78, 5) is 25.7. The molecule has 3 rings (SSSR count). The highest BCUT2D eigenvalue weighted by Gasteiger charge is 2.13. The first kappa shape index (κ1) is 18.7. The van der Waals surface area contributed by atoms with E-state index in [1.165, 1.54) is 5.56 Å². The summed E-state index contributed by atoms with van der Waals surface area (Å²) < 4.78 is 5.67. The average Bonchev–Trinajstić information content (AvgIpc) is 3.03. The molecule has 5 heteroatoms. The molecule has 1 heterocycles. The summed E-state index contributed by atoms with van der Waals surface area (Å²) in [6.45, 7) is 4.06. The van der Waals surface area contributed by atoms with Gasteiger partial charge in [0.15, 0.2) is 0 Å². The molecule has 0 aliphatic carbocycles. The number of anilines is 1. The molecular formula is C22H24N2O3. The quantitative estimate of drug-likeness (QED) is 0.748. The van der Waals surface area contributed by atoms with Crippen molar-refractivity contribution in [3.63, 3.8) is 0 Å². The van der Waals surface area contributed by atoms with Crippen molar-refractivity contribution in [3.05, 3.63) is 64.9 Å². The number of rotatable bonds is 5. The van der Waals surface area contributed by atoms with Crippen LogP contribution < -0.4 is 5.32 Å². The van der Waals surface area contributed by atoms with Crippen LogP contribution in [0.2, 0.25) is 0 Å². The molecule has 1 aromatic heterocycles. The smallest absolute Gasteiger partial charge is 0.228 e. The van der Waals surface area contributed by atoms with E-state index in [-0.39, 0.29) is 18.2 Å². The Bertz CT molecular complexity index is 985. The van der Waals surface area contributed by atoms with Gasteiger partial charge in [-0.15, -0.1) is 0 Å². The van der Waals surface area contributed by atoms with Gasteiger partial charge in [-0.05, 0) is 42.7 Å². The van der Waals surface area contributed by atoms with Gasteiger partial charge in [0.05, 0.1) is 19.1 Å². The molecule has 0 radical (unpaired) electrons. The van der Waals surface area contributed by atoms with Crippen molar-refractivity contribution in [2.45, 2.75) is 26.7 Å². The lowest BCUT2D eigenvalue weighted by Gasteiger charge is -2.10. The Hall–Kier alpha value is -3.08. The minimum Gasteiger partial charge on any atom is -0.464 e. The van der Waals surface area contributed by atoms with Gasteiger partial charge in [0.1, 0.15) is 5.58 Å².